The predicted octanol–water partition coefficient (Wildman–Crippen LogP) is 3.25. The molecule has 0 aromatic heterocycles. The average Bonchev–Trinajstić information content (AvgIpc) is 2.82. The second kappa shape index (κ2) is 5.33. The highest BCUT2D eigenvalue weighted by atomic mass is 19.4. The first-order valence-corrected chi connectivity index (χ1v) is 7.53. The van der Waals surface area contributed by atoms with Crippen LogP contribution >= 0.6 is 0 Å². The summed E-state index contributed by atoms with van der Waals surface area (Å²) in [6, 6.07) is 6.15. The minimum absolute atomic E-state index is 0.0706. The number of amides is 1. The maximum atomic E-state index is 13.6. The highest BCUT2D eigenvalue weighted by molar-refractivity contribution is 5.99. The molecule has 2 atom stereocenters. The Hall–Kier alpha value is -1.89. The molecule has 1 heterocycles. The number of halogens is 3. The molecular weight excluding hydrogens is 309 g/mol. The third-order valence-electron chi connectivity index (χ3n) is 4.52. The van der Waals surface area contributed by atoms with Crippen LogP contribution in [0.4, 0.5) is 13.2 Å². The van der Waals surface area contributed by atoms with Crippen LogP contribution in [-0.2, 0) is 0 Å². The number of rotatable bonds is 1. The smallest absolute Gasteiger partial charge is 0.362 e. The molecule has 23 heavy (non-hydrogen) atoms. The molecule has 1 fully saturated rings. The van der Waals surface area contributed by atoms with Crippen LogP contribution in [0.3, 0.4) is 0 Å². The lowest BCUT2D eigenvalue weighted by atomic mass is 9.80. The van der Waals surface area contributed by atoms with Gasteiger partial charge in [-0.15, -0.1) is 0 Å². The lowest BCUT2D eigenvalue weighted by Crippen LogP contribution is -2.61. The first-order valence-electron chi connectivity index (χ1n) is 7.53. The molecule has 1 aromatic rings. The number of aryl methyl sites for hydroxylation is 1. The van der Waals surface area contributed by atoms with E-state index in [0.29, 0.717) is 12.8 Å². The SMILES string of the molecule is Cc1ccc(C(=O)N2N=C3CCCC[C@H]3[C@]2(O)C(F)(F)F)cc1. The number of fused-ring (bicyclic) bond motifs is 1. The van der Waals surface area contributed by atoms with Gasteiger partial charge in [0.2, 0.25) is 0 Å². The molecule has 2 aliphatic rings. The third-order valence-corrected chi connectivity index (χ3v) is 4.52. The van der Waals surface area contributed by atoms with E-state index in [1.807, 2.05) is 6.92 Å². The number of alkyl halides is 3. The summed E-state index contributed by atoms with van der Waals surface area (Å²) >= 11 is 0. The van der Waals surface area contributed by atoms with Gasteiger partial charge in [-0.25, -0.2) is 0 Å². The number of aliphatic hydroxyl groups is 1. The topological polar surface area (TPSA) is 52.9 Å². The molecule has 1 N–H and O–H groups in total. The summed E-state index contributed by atoms with van der Waals surface area (Å²) in [5, 5.41) is 14.5. The molecule has 3 rings (SSSR count). The normalized spacial score (nSPS) is 27.6. The maximum Gasteiger partial charge on any atom is 0.439 e. The van der Waals surface area contributed by atoms with E-state index in [1.54, 1.807) is 12.1 Å². The molecule has 7 heteroatoms. The van der Waals surface area contributed by atoms with Crippen LogP contribution in [0.25, 0.3) is 0 Å². The Morgan fingerprint density at radius 3 is 2.57 bits per heavy atom. The first kappa shape index (κ1) is 16.0. The molecule has 0 radical (unpaired) electrons. The Labute approximate surface area is 131 Å². The monoisotopic (exact) mass is 326 g/mol. The molecule has 0 saturated heterocycles. The lowest BCUT2D eigenvalue weighted by molar-refractivity contribution is -0.312. The van der Waals surface area contributed by atoms with E-state index < -0.39 is 23.7 Å². The number of hydrogen-bond donors (Lipinski definition) is 1. The van der Waals surface area contributed by atoms with Crippen molar-refractivity contribution < 1.29 is 23.1 Å². The van der Waals surface area contributed by atoms with E-state index in [2.05, 4.69) is 5.10 Å². The molecule has 1 aliphatic heterocycles. The Kier molecular flexibility index (Phi) is 3.71. The number of carbonyl (C=O) groups excluding carboxylic acids is 1. The van der Waals surface area contributed by atoms with Gasteiger partial charge in [-0.05, 0) is 38.3 Å². The Balaban J connectivity index is 2.03. The molecule has 4 nitrogen and oxygen atoms in total. The number of nitrogens with zero attached hydrogens (tertiary/aromatic N) is 2. The molecule has 0 spiro atoms. The van der Waals surface area contributed by atoms with Crippen LogP contribution in [0.15, 0.2) is 29.4 Å². The van der Waals surface area contributed by atoms with Gasteiger partial charge in [-0.3, -0.25) is 4.79 Å². The van der Waals surface area contributed by atoms with Crippen LogP contribution in [0, 0.1) is 12.8 Å². The molecule has 1 aromatic carbocycles. The van der Waals surface area contributed by atoms with E-state index in [9.17, 15) is 23.1 Å². The summed E-state index contributed by atoms with van der Waals surface area (Å²) in [6.07, 6.45) is -3.13. The van der Waals surface area contributed by atoms with Gasteiger partial charge < -0.3 is 5.11 Å². The molecule has 124 valence electrons. The Morgan fingerprint density at radius 2 is 1.96 bits per heavy atom. The summed E-state index contributed by atoms with van der Waals surface area (Å²) in [6.45, 7) is 1.81. The minimum atomic E-state index is -4.97. The molecule has 1 saturated carbocycles. The van der Waals surface area contributed by atoms with Gasteiger partial charge in [-0.1, -0.05) is 24.1 Å². The van der Waals surface area contributed by atoms with Gasteiger partial charge >= 0.3 is 6.18 Å². The van der Waals surface area contributed by atoms with Crippen molar-refractivity contribution in [3.63, 3.8) is 0 Å². The fourth-order valence-corrected chi connectivity index (χ4v) is 3.24. The largest absolute Gasteiger partial charge is 0.439 e. The molecule has 1 amide bonds. The summed E-state index contributed by atoms with van der Waals surface area (Å²) in [7, 11) is 0. The molecule has 0 bridgehead atoms. The standard InChI is InChI=1S/C16H17F3N2O2/c1-10-6-8-11(9-7-10)14(22)21-15(23,16(17,18)19)12-4-2-3-5-13(12)20-21/h6-9,12,23H,2-5H2,1H3/t12-,15+/m1/s1. The number of carbonyl (C=O) groups is 1. The van der Waals surface area contributed by atoms with Gasteiger partial charge in [0, 0.05) is 11.3 Å². The van der Waals surface area contributed by atoms with Gasteiger partial charge in [0.15, 0.2) is 0 Å². The zero-order valence-corrected chi connectivity index (χ0v) is 12.6. The minimum Gasteiger partial charge on any atom is -0.362 e. The van der Waals surface area contributed by atoms with Crippen molar-refractivity contribution in [2.75, 3.05) is 0 Å². The predicted molar refractivity (Wildman–Crippen MR) is 77.7 cm³/mol. The van der Waals surface area contributed by atoms with Crippen molar-refractivity contribution in [2.45, 2.75) is 44.5 Å². The van der Waals surface area contributed by atoms with E-state index in [4.69, 9.17) is 0 Å². The van der Waals surface area contributed by atoms with Gasteiger partial charge in [0.1, 0.15) is 0 Å². The van der Waals surface area contributed by atoms with E-state index in [1.165, 1.54) is 12.1 Å². The zero-order chi connectivity index (χ0) is 16.8. The summed E-state index contributed by atoms with van der Waals surface area (Å²) in [4.78, 5) is 12.5. The van der Waals surface area contributed by atoms with Crippen molar-refractivity contribution >= 4 is 11.6 Å². The molecule has 1 aliphatic carbocycles. The third kappa shape index (κ3) is 2.43. The van der Waals surface area contributed by atoms with Crippen LogP contribution < -0.4 is 0 Å². The summed E-state index contributed by atoms with van der Waals surface area (Å²) < 4.78 is 40.8. The second-order valence-corrected chi connectivity index (χ2v) is 6.10. The number of hydrazone groups is 1. The van der Waals surface area contributed by atoms with Crippen molar-refractivity contribution in [1.82, 2.24) is 5.01 Å². The molecular formula is C16H17F3N2O2. The van der Waals surface area contributed by atoms with Crippen LogP contribution in [0.5, 0.6) is 0 Å². The van der Waals surface area contributed by atoms with E-state index in [0.717, 1.165) is 12.0 Å². The molecule has 0 unspecified atom stereocenters. The average molecular weight is 326 g/mol. The fourth-order valence-electron chi connectivity index (χ4n) is 3.24. The lowest BCUT2D eigenvalue weighted by Gasteiger charge is -2.38. The van der Waals surface area contributed by atoms with Gasteiger partial charge in [0.05, 0.1) is 5.92 Å². The van der Waals surface area contributed by atoms with Gasteiger partial charge in [-0.2, -0.15) is 23.3 Å². The van der Waals surface area contributed by atoms with Crippen molar-refractivity contribution in [3.8, 4) is 0 Å². The van der Waals surface area contributed by atoms with Crippen LogP contribution in [-0.4, -0.2) is 33.6 Å². The Bertz CT molecular complexity index is 654. The van der Waals surface area contributed by atoms with Crippen molar-refractivity contribution in [2.24, 2.45) is 11.0 Å². The quantitative estimate of drug-likeness (QED) is 0.861. The van der Waals surface area contributed by atoms with Crippen molar-refractivity contribution in [3.05, 3.63) is 35.4 Å². The first-order chi connectivity index (χ1) is 10.7. The highest BCUT2D eigenvalue weighted by Gasteiger charge is 2.68. The fraction of sp³-hybridized carbons (Fsp3) is 0.500. The van der Waals surface area contributed by atoms with Gasteiger partial charge in [0.25, 0.3) is 11.6 Å². The highest BCUT2D eigenvalue weighted by Crippen LogP contribution is 2.48. The maximum absolute atomic E-state index is 13.6. The van der Waals surface area contributed by atoms with Crippen LogP contribution in [0.1, 0.15) is 41.6 Å². The van der Waals surface area contributed by atoms with E-state index in [-0.39, 0.29) is 22.7 Å². The Morgan fingerprint density at radius 1 is 1.30 bits per heavy atom. The second-order valence-electron chi connectivity index (χ2n) is 6.10. The zero-order valence-electron chi connectivity index (χ0n) is 12.6. The number of hydrogen-bond acceptors (Lipinski definition) is 3. The van der Waals surface area contributed by atoms with E-state index >= 15 is 0 Å². The summed E-state index contributed by atoms with van der Waals surface area (Å²) in [5.74, 6) is -2.11. The van der Waals surface area contributed by atoms with Crippen molar-refractivity contribution in [1.29, 1.82) is 0 Å². The van der Waals surface area contributed by atoms with Crippen LogP contribution in [0.2, 0.25) is 0 Å². The summed E-state index contributed by atoms with van der Waals surface area (Å²) in [5.41, 5.74) is -2.04. The number of benzene rings is 1.